The Morgan fingerprint density at radius 3 is 2.41 bits per heavy atom. The van der Waals surface area contributed by atoms with E-state index in [0.29, 0.717) is 25.6 Å². The number of hydrogen-bond acceptors (Lipinski definition) is 6. The number of aryl methyl sites for hydroxylation is 2. The minimum atomic E-state index is -0.0525. The molecular weight excluding hydrogens is 574 g/mol. The molecule has 46 heavy (non-hydrogen) atoms. The van der Waals surface area contributed by atoms with Gasteiger partial charge in [-0.2, -0.15) is 0 Å². The highest BCUT2D eigenvalue weighted by Gasteiger charge is 2.21. The summed E-state index contributed by atoms with van der Waals surface area (Å²) in [6.45, 7) is 11.2. The van der Waals surface area contributed by atoms with E-state index in [9.17, 15) is 4.79 Å². The van der Waals surface area contributed by atoms with Crippen LogP contribution in [0, 0.1) is 5.92 Å². The summed E-state index contributed by atoms with van der Waals surface area (Å²) in [5.41, 5.74) is 7.27. The number of amides is 1. The molecule has 1 aliphatic heterocycles. The lowest BCUT2D eigenvalue weighted by Crippen LogP contribution is -2.29. The van der Waals surface area contributed by atoms with E-state index >= 15 is 0 Å². The summed E-state index contributed by atoms with van der Waals surface area (Å²) in [4.78, 5) is 16.0. The highest BCUT2D eigenvalue weighted by atomic mass is 16.5. The van der Waals surface area contributed by atoms with Gasteiger partial charge in [-0.05, 0) is 96.3 Å². The van der Waals surface area contributed by atoms with Crippen LogP contribution >= 0.6 is 0 Å². The summed E-state index contributed by atoms with van der Waals surface area (Å²) in [6.07, 6.45) is 10.4. The fraction of sp³-hybridized carbons (Fsp3) is 0.395. The maximum atomic E-state index is 13.6. The molecule has 0 bridgehead atoms. The van der Waals surface area contributed by atoms with Crippen LogP contribution in [0.15, 0.2) is 85.0 Å². The number of carbonyl (C=O) groups excluding carboxylic acids is 1. The maximum absolute atomic E-state index is 13.6. The second-order valence-electron chi connectivity index (χ2n) is 12.3. The van der Waals surface area contributed by atoms with Gasteiger partial charge in [0, 0.05) is 43.2 Å². The molecule has 1 amide bonds. The largest absolute Gasteiger partial charge is 0.491 e. The quantitative estimate of drug-likeness (QED) is 0.129. The van der Waals surface area contributed by atoms with Crippen molar-refractivity contribution in [1.82, 2.24) is 14.8 Å². The number of benzene rings is 3. The first-order chi connectivity index (χ1) is 22.5. The molecule has 8 heteroatoms. The number of fused-ring (bicyclic) bond motifs is 1. The number of carbonyl (C=O) groups is 1. The number of nitrogens with one attached hydrogen (secondary N) is 1. The van der Waals surface area contributed by atoms with Crippen molar-refractivity contribution in [3.05, 3.63) is 96.1 Å². The molecule has 1 aliphatic rings. The topological polar surface area (TPSA) is 81.5 Å². The van der Waals surface area contributed by atoms with Gasteiger partial charge >= 0.3 is 0 Å². The monoisotopic (exact) mass is 621 g/mol. The van der Waals surface area contributed by atoms with Crippen molar-refractivity contribution in [3.8, 4) is 16.9 Å². The maximum Gasteiger partial charge on any atom is 0.251 e. The molecule has 0 atom stereocenters. The number of anilines is 2. The summed E-state index contributed by atoms with van der Waals surface area (Å²) in [5.74, 6) is 1.28. The lowest BCUT2D eigenvalue weighted by molar-refractivity contribution is -0.112. The number of hydrogen-bond donors (Lipinski definition) is 1. The highest BCUT2D eigenvalue weighted by Crippen LogP contribution is 2.33. The summed E-state index contributed by atoms with van der Waals surface area (Å²) in [7, 11) is 0. The van der Waals surface area contributed by atoms with Crippen molar-refractivity contribution < 1.29 is 14.3 Å². The highest BCUT2D eigenvalue weighted by molar-refractivity contribution is 6.07. The SMILES string of the molecule is CCCCOCCOc1ccc(-c2ccc3c(c2)C=C(C(=O)Nc2ccc(CCCn4cnnc4)cc2)CCN3CC(C)C)cc1. The van der Waals surface area contributed by atoms with E-state index in [4.69, 9.17) is 9.47 Å². The summed E-state index contributed by atoms with van der Waals surface area (Å²) in [5, 5.41) is 10.9. The Morgan fingerprint density at radius 1 is 0.913 bits per heavy atom. The van der Waals surface area contributed by atoms with Crippen molar-refractivity contribution in [2.24, 2.45) is 5.92 Å². The third kappa shape index (κ3) is 9.54. The van der Waals surface area contributed by atoms with Crippen LogP contribution in [0.4, 0.5) is 11.4 Å². The van der Waals surface area contributed by atoms with Crippen LogP contribution in [-0.4, -0.2) is 53.6 Å². The third-order valence-electron chi connectivity index (χ3n) is 8.11. The minimum Gasteiger partial charge on any atom is -0.491 e. The molecule has 0 fully saturated rings. The molecule has 4 aromatic rings. The standard InChI is InChI=1S/C38H47N5O3/c1-4-5-21-45-22-23-46-36-15-10-31(11-16-36)32-12-17-37-34(24-32)25-33(18-20-43(37)26-29(2)3)38(44)41-35-13-8-30(9-14-35)7-6-19-42-27-39-40-28-42/h8-17,24-25,27-29H,4-7,18-23,26H2,1-3H3,(H,41,44). The van der Waals surface area contributed by atoms with E-state index in [2.05, 4.69) is 89.7 Å². The molecule has 1 N–H and O–H groups in total. The van der Waals surface area contributed by atoms with Gasteiger partial charge in [-0.3, -0.25) is 4.79 Å². The molecule has 0 unspecified atom stereocenters. The van der Waals surface area contributed by atoms with Crippen LogP contribution in [0.5, 0.6) is 5.75 Å². The summed E-state index contributed by atoms with van der Waals surface area (Å²) in [6, 6.07) is 22.9. The molecule has 0 aliphatic carbocycles. The van der Waals surface area contributed by atoms with Crippen LogP contribution in [0.3, 0.4) is 0 Å². The normalized spacial score (nSPS) is 12.9. The lowest BCUT2D eigenvalue weighted by Gasteiger charge is -2.27. The van der Waals surface area contributed by atoms with Crippen molar-refractivity contribution in [1.29, 1.82) is 0 Å². The van der Waals surface area contributed by atoms with Crippen LogP contribution in [0.25, 0.3) is 17.2 Å². The fourth-order valence-electron chi connectivity index (χ4n) is 5.66. The number of nitrogens with zero attached hydrogens (tertiary/aromatic N) is 4. The van der Waals surface area contributed by atoms with Crippen LogP contribution in [0.2, 0.25) is 0 Å². The van der Waals surface area contributed by atoms with Gasteiger partial charge in [0.25, 0.3) is 5.91 Å². The van der Waals surface area contributed by atoms with Crippen molar-refractivity contribution in [2.75, 3.05) is 43.1 Å². The second-order valence-corrected chi connectivity index (χ2v) is 12.3. The Bertz CT molecular complexity index is 1550. The van der Waals surface area contributed by atoms with Gasteiger partial charge in [0.05, 0.1) is 6.61 Å². The van der Waals surface area contributed by atoms with E-state index in [1.807, 2.05) is 28.8 Å². The molecule has 0 saturated heterocycles. The zero-order chi connectivity index (χ0) is 32.1. The molecule has 0 spiro atoms. The lowest BCUT2D eigenvalue weighted by atomic mass is 10.00. The van der Waals surface area contributed by atoms with Crippen molar-refractivity contribution in [2.45, 2.75) is 59.4 Å². The van der Waals surface area contributed by atoms with Crippen LogP contribution < -0.4 is 15.0 Å². The Labute approximate surface area is 273 Å². The molecule has 5 rings (SSSR count). The third-order valence-corrected chi connectivity index (χ3v) is 8.11. The minimum absolute atomic E-state index is 0.0525. The predicted octanol–water partition coefficient (Wildman–Crippen LogP) is 7.66. The van der Waals surface area contributed by atoms with E-state index in [-0.39, 0.29) is 5.91 Å². The molecule has 0 radical (unpaired) electrons. The number of aromatic nitrogens is 3. The zero-order valence-electron chi connectivity index (χ0n) is 27.5. The molecule has 242 valence electrons. The van der Waals surface area contributed by atoms with E-state index in [1.165, 1.54) is 11.3 Å². The van der Waals surface area contributed by atoms with Crippen LogP contribution in [0.1, 0.15) is 57.6 Å². The van der Waals surface area contributed by atoms with Gasteiger partial charge in [-0.1, -0.05) is 57.5 Å². The molecule has 3 aromatic carbocycles. The Morgan fingerprint density at radius 2 is 1.67 bits per heavy atom. The van der Waals surface area contributed by atoms with Gasteiger partial charge in [0.2, 0.25) is 0 Å². The van der Waals surface area contributed by atoms with Gasteiger partial charge in [0.1, 0.15) is 25.0 Å². The van der Waals surface area contributed by atoms with E-state index < -0.39 is 0 Å². The first kappa shape index (κ1) is 32.9. The van der Waals surface area contributed by atoms with Gasteiger partial charge in [-0.25, -0.2) is 0 Å². The number of ether oxygens (including phenoxy) is 2. The summed E-state index contributed by atoms with van der Waals surface area (Å²) < 4.78 is 13.5. The smallest absolute Gasteiger partial charge is 0.251 e. The van der Waals surface area contributed by atoms with E-state index in [1.54, 1.807) is 12.7 Å². The predicted molar refractivity (Wildman–Crippen MR) is 186 cm³/mol. The molecule has 1 aromatic heterocycles. The molecule has 0 saturated carbocycles. The Hall–Kier alpha value is -4.43. The molecule has 2 heterocycles. The van der Waals surface area contributed by atoms with Gasteiger partial charge in [-0.15, -0.1) is 10.2 Å². The van der Waals surface area contributed by atoms with Crippen LogP contribution in [-0.2, 0) is 22.5 Å². The summed E-state index contributed by atoms with van der Waals surface area (Å²) >= 11 is 0. The van der Waals surface area contributed by atoms with Crippen molar-refractivity contribution >= 4 is 23.4 Å². The average Bonchev–Trinajstić information content (AvgIpc) is 3.52. The zero-order valence-corrected chi connectivity index (χ0v) is 27.5. The Kier molecular flexibility index (Phi) is 12.0. The van der Waals surface area contributed by atoms with Gasteiger partial charge < -0.3 is 24.3 Å². The van der Waals surface area contributed by atoms with Gasteiger partial charge in [0.15, 0.2) is 0 Å². The Balaban J connectivity index is 1.25. The molecule has 8 nitrogen and oxygen atoms in total. The second kappa shape index (κ2) is 16.8. The van der Waals surface area contributed by atoms with Crippen molar-refractivity contribution in [3.63, 3.8) is 0 Å². The first-order valence-electron chi connectivity index (χ1n) is 16.6. The fourth-order valence-corrected chi connectivity index (χ4v) is 5.66. The number of rotatable bonds is 16. The number of unbranched alkanes of at least 4 members (excludes halogenated alkanes) is 1. The average molecular weight is 622 g/mol. The van der Waals surface area contributed by atoms with E-state index in [0.717, 1.165) is 85.6 Å². The molecular formula is C38H47N5O3. The first-order valence-corrected chi connectivity index (χ1v) is 16.6.